The van der Waals surface area contributed by atoms with Gasteiger partial charge in [0.1, 0.15) is 5.82 Å². The largest absolute Gasteiger partial charge is 0.300 e. The summed E-state index contributed by atoms with van der Waals surface area (Å²) in [5.74, 6) is 0.762. The van der Waals surface area contributed by atoms with Crippen molar-refractivity contribution in [1.29, 1.82) is 0 Å². The van der Waals surface area contributed by atoms with Crippen LogP contribution in [0, 0.1) is 0 Å². The molecule has 0 unspecified atom stereocenters. The third kappa shape index (κ3) is 4.62. The Balaban J connectivity index is 1.71. The smallest absolute Gasteiger partial charge is 0.238 e. The number of halogens is 1. The Labute approximate surface area is 180 Å². The van der Waals surface area contributed by atoms with Crippen LogP contribution in [0.4, 0.5) is 0 Å². The summed E-state index contributed by atoms with van der Waals surface area (Å²) in [6, 6.07) is 24.2. The molecule has 4 rings (SSSR count). The Morgan fingerprint density at radius 1 is 0.867 bits per heavy atom. The Bertz CT molecular complexity index is 1250. The fraction of sp³-hybridized carbons (Fsp3) is 0.0870. The highest BCUT2D eigenvalue weighted by Crippen LogP contribution is 2.26. The molecule has 2 N–H and O–H groups in total. The maximum absolute atomic E-state index is 11.6. The zero-order valence-electron chi connectivity index (χ0n) is 16.1. The second kappa shape index (κ2) is 8.44. The number of benzene rings is 3. The number of nitrogens with zero attached hydrogens (tertiary/aromatic N) is 2. The minimum atomic E-state index is -3.74. The Morgan fingerprint density at radius 3 is 2.17 bits per heavy atom. The van der Waals surface area contributed by atoms with E-state index in [1.807, 2.05) is 53.2 Å². The van der Waals surface area contributed by atoms with Crippen LogP contribution >= 0.6 is 11.6 Å². The first-order chi connectivity index (χ1) is 14.4. The summed E-state index contributed by atoms with van der Waals surface area (Å²) >= 11 is 6.04. The van der Waals surface area contributed by atoms with Crippen LogP contribution in [0.1, 0.15) is 11.3 Å². The monoisotopic (exact) mass is 437 g/mol. The SMILES string of the molecule is NS(=O)(=O)c1ccc(-n2cc(CCc3ccccc3)nc2-c2ccc(Cl)cc2)cc1. The van der Waals surface area contributed by atoms with E-state index in [0.29, 0.717) is 5.02 Å². The van der Waals surface area contributed by atoms with E-state index in [-0.39, 0.29) is 4.90 Å². The molecule has 3 aromatic carbocycles. The first-order valence-electron chi connectivity index (χ1n) is 9.41. The third-order valence-electron chi connectivity index (χ3n) is 4.81. The van der Waals surface area contributed by atoms with Crippen LogP contribution in [0.25, 0.3) is 17.1 Å². The average Bonchev–Trinajstić information content (AvgIpc) is 3.17. The van der Waals surface area contributed by atoms with Crippen molar-refractivity contribution in [3.8, 4) is 17.1 Å². The molecule has 0 saturated carbocycles. The summed E-state index contributed by atoms with van der Waals surface area (Å²) in [7, 11) is -3.74. The van der Waals surface area contributed by atoms with E-state index in [1.54, 1.807) is 12.1 Å². The van der Waals surface area contributed by atoms with Gasteiger partial charge in [-0.2, -0.15) is 0 Å². The van der Waals surface area contributed by atoms with Crippen molar-refractivity contribution in [3.63, 3.8) is 0 Å². The standard InChI is InChI=1S/C23H20ClN3O2S/c24-19-9-7-18(8-10-19)23-26-20(11-6-17-4-2-1-3-5-17)16-27(23)21-12-14-22(15-13-21)30(25,28)29/h1-5,7-10,12-16H,6,11H2,(H2,25,28,29). The Hall–Kier alpha value is -2.93. The van der Waals surface area contributed by atoms with Crippen molar-refractivity contribution in [2.75, 3.05) is 0 Å². The molecule has 0 bridgehead atoms. The zero-order chi connectivity index (χ0) is 21.1. The molecule has 0 saturated heterocycles. The molecule has 0 radical (unpaired) electrons. The Kier molecular flexibility index (Phi) is 5.72. The molecule has 7 heteroatoms. The van der Waals surface area contributed by atoms with E-state index >= 15 is 0 Å². The second-order valence-corrected chi connectivity index (χ2v) is 8.96. The van der Waals surface area contributed by atoms with E-state index in [0.717, 1.165) is 35.6 Å². The lowest BCUT2D eigenvalue weighted by Crippen LogP contribution is -2.12. The molecule has 0 aliphatic rings. The molecule has 0 amide bonds. The van der Waals surface area contributed by atoms with Gasteiger partial charge in [-0.15, -0.1) is 0 Å². The predicted molar refractivity (Wildman–Crippen MR) is 119 cm³/mol. The van der Waals surface area contributed by atoms with Gasteiger partial charge in [-0.05, 0) is 66.9 Å². The molecule has 0 fully saturated rings. The van der Waals surface area contributed by atoms with Crippen molar-refractivity contribution in [2.24, 2.45) is 5.14 Å². The van der Waals surface area contributed by atoms with Crippen molar-refractivity contribution in [1.82, 2.24) is 9.55 Å². The molecule has 1 heterocycles. The fourth-order valence-electron chi connectivity index (χ4n) is 3.26. The van der Waals surface area contributed by atoms with Crippen LogP contribution in [0.2, 0.25) is 5.02 Å². The number of imidazole rings is 1. The van der Waals surface area contributed by atoms with E-state index < -0.39 is 10.0 Å². The van der Waals surface area contributed by atoms with Gasteiger partial charge in [0, 0.05) is 22.5 Å². The van der Waals surface area contributed by atoms with Gasteiger partial charge >= 0.3 is 0 Å². The van der Waals surface area contributed by atoms with Gasteiger partial charge in [0.05, 0.1) is 10.6 Å². The van der Waals surface area contributed by atoms with Crippen molar-refractivity contribution >= 4 is 21.6 Å². The van der Waals surface area contributed by atoms with Crippen LogP contribution in [0.15, 0.2) is 90.0 Å². The molecule has 0 aliphatic heterocycles. The first-order valence-corrected chi connectivity index (χ1v) is 11.3. The minimum absolute atomic E-state index is 0.0729. The summed E-state index contributed by atoms with van der Waals surface area (Å²) in [4.78, 5) is 4.92. The first kappa shape index (κ1) is 20.3. The van der Waals surface area contributed by atoms with Crippen molar-refractivity contribution in [3.05, 3.63) is 101 Å². The number of hydrogen-bond donors (Lipinski definition) is 1. The van der Waals surface area contributed by atoms with Gasteiger partial charge in [0.25, 0.3) is 0 Å². The van der Waals surface area contributed by atoms with Gasteiger partial charge in [0.15, 0.2) is 0 Å². The zero-order valence-corrected chi connectivity index (χ0v) is 17.6. The lowest BCUT2D eigenvalue weighted by Gasteiger charge is -2.09. The Morgan fingerprint density at radius 2 is 1.53 bits per heavy atom. The van der Waals surface area contributed by atoms with Crippen LogP contribution in [-0.4, -0.2) is 18.0 Å². The maximum Gasteiger partial charge on any atom is 0.238 e. The van der Waals surface area contributed by atoms with Gasteiger partial charge in [-0.3, -0.25) is 4.57 Å². The third-order valence-corrected chi connectivity index (χ3v) is 6.00. The molecule has 5 nitrogen and oxygen atoms in total. The van der Waals surface area contributed by atoms with E-state index in [9.17, 15) is 8.42 Å². The lowest BCUT2D eigenvalue weighted by molar-refractivity contribution is 0.598. The van der Waals surface area contributed by atoms with E-state index in [2.05, 4.69) is 12.1 Å². The number of hydrogen-bond acceptors (Lipinski definition) is 3. The molecule has 0 aliphatic carbocycles. The van der Waals surface area contributed by atoms with Gasteiger partial charge in [-0.25, -0.2) is 18.5 Å². The van der Waals surface area contributed by atoms with Crippen LogP contribution in [0.3, 0.4) is 0 Å². The number of aromatic nitrogens is 2. The fourth-order valence-corrected chi connectivity index (χ4v) is 3.90. The number of nitrogens with two attached hydrogens (primary N) is 1. The topological polar surface area (TPSA) is 78.0 Å². The summed E-state index contributed by atoms with van der Waals surface area (Å²) in [6.45, 7) is 0. The molecule has 4 aromatic rings. The predicted octanol–water partition coefficient (Wildman–Crippen LogP) is 4.63. The van der Waals surface area contributed by atoms with Crippen LogP contribution < -0.4 is 5.14 Å². The molecular weight excluding hydrogens is 418 g/mol. The quantitative estimate of drug-likeness (QED) is 0.477. The lowest BCUT2D eigenvalue weighted by atomic mass is 10.1. The summed E-state index contributed by atoms with van der Waals surface area (Å²) in [5.41, 5.74) is 3.91. The van der Waals surface area contributed by atoms with E-state index in [1.165, 1.54) is 17.7 Å². The van der Waals surface area contributed by atoms with Crippen LogP contribution in [-0.2, 0) is 22.9 Å². The van der Waals surface area contributed by atoms with Crippen LogP contribution in [0.5, 0.6) is 0 Å². The van der Waals surface area contributed by atoms with Gasteiger partial charge < -0.3 is 0 Å². The van der Waals surface area contributed by atoms with Crippen molar-refractivity contribution in [2.45, 2.75) is 17.7 Å². The second-order valence-electron chi connectivity index (χ2n) is 6.96. The van der Waals surface area contributed by atoms with Gasteiger partial charge in [0.2, 0.25) is 10.0 Å². The maximum atomic E-state index is 11.6. The number of rotatable bonds is 6. The highest BCUT2D eigenvalue weighted by atomic mass is 35.5. The normalized spacial score (nSPS) is 11.5. The molecule has 0 atom stereocenters. The molecule has 1 aromatic heterocycles. The molecule has 30 heavy (non-hydrogen) atoms. The molecule has 0 spiro atoms. The highest BCUT2D eigenvalue weighted by molar-refractivity contribution is 7.89. The number of sulfonamides is 1. The van der Waals surface area contributed by atoms with Crippen molar-refractivity contribution < 1.29 is 8.42 Å². The summed E-state index contributed by atoms with van der Waals surface area (Å²) in [6.07, 6.45) is 3.65. The number of aryl methyl sites for hydroxylation is 2. The minimum Gasteiger partial charge on any atom is -0.300 e. The number of primary sulfonamides is 1. The summed E-state index contributed by atoms with van der Waals surface area (Å²) < 4.78 is 25.1. The summed E-state index contributed by atoms with van der Waals surface area (Å²) in [5, 5.41) is 5.87. The van der Waals surface area contributed by atoms with Gasteiger partial charge in [-0.1, -0.05) is 41.9 Å². The average molecular weight is 438 g/mol. The highest BCUT2D eigenvalue weighted by Gasteiger charge is 2.14. The van der Waals surface area contributed by atoms with E-state index in [4.69, 9.17) is 21.7 Å². The molecule has 152 valence electrons. The molecular formula is C23H20ClN3O2S.